The molecule has 130 valence electrons. The smallest absolute Gasteiger partial charge is 0.270 e. The Labute approximate surface area is 143 Å². The Morgan fingerprint density at radius 1 is 0.875 bits per heavy atom. The van der Waals surface area contributed by atoms with E-state index >= 15 is 0 Å². The average Bonchev–Trinajstić information content (AvgIpc) is 2.56. The largest absolute Gasteiger partial charge is 0.457 e. The van der Waals surface area contributed by atoms with Crippen molar-refractivity contribution >= 4 is 0 Å². The molecule has 0 saturated heterocycles. The molecule has 0 atom stereocenters. The molecule has 0 aromatic heterocycles. The standard InChI is InChI=1S/C21H26F2O/c1-4-6-7-8-17-9-12-20(15-16(17)5-2)24-19-13-10-18(11-14-19)21(3,22)23/h9-15H,4-8H2,1-3H3. The predicted molar refractivity (Wildman–Crippen MR) is 95.1 cm³/mol. The number of ether oxygens (including phenoxy) is 1. The number of alkyl halides is 2. The Morgan fingerprint density at radius 3 is 2.12 bits per heavy atom. The zero-order valence-electron chi connectivity index (χ0n) is 14.7. The van der Waals surface area contributed by atoms with E-state index in [0.717, 1.165) is 25.5 Å². The van der Waals surface area contributed by atoms with Crippen LogP contribution in [-0.2, 0) is 18.8 Å². The highest BCUT2D eigenvalue weighted by molar-refractivity contribution is 5.39. The van der Waals surface area contributed by atoms with Gasteiger partial charge in [0.15, 0.2) is 0 Å². The lowest BCUT2D eigenvalue weighted by atomic mass is 9.99. The molecule has 0 spiro atoms. The van der Waals surface area contributed by atoms with Crippen molar-refractivity contribution in [1.82, 2.24) is 0 Å². The molecule has 0 N–H and O–H groups in total. The van der Waals surface area contributed by atoms with Crippen LogP contribution < -0.4 is 4.74 Å². The Hall–Kier alpha value is -1.90. The maximum Gasteiger partial charge on any atom is 0.270 e. The van der Waals surface area contributed by atoms with E-state index in [1.54, 1.807) is 12.1 Å². The van der Waals surface area contributed by atoms with Crippen molar-refractivity contribution in [3.63, 3.8) is 0 Å². The monoisotopic (exact) mass is 332 g/mol. The minimum absolute atomic E-state index is 0.00429. The van der Waals surface area contributed by atoms with Crippen molar-refractivity contribution < 1.29 is 13.5 Å². The van der Waals surface area contributed by atoms with Crippen LogP contribution in [0, 0.1) is 0 Å². The van der Waals surface area contributed by atoms with Crippen LogP contribution in [0.5, 0.6) is 11.5 Å². The van der Waals surface area contributed by atoms with Gasteiger partial charge in [0.25, 0.3) is 5.92 Å². The molecule has 24 heavy (non-hydrogen) atoms. The van der Waals surface area contributed by atoms with Crippen molar-refractivity contribution in [1.29, 1.82) is 0 Å². The fourth-order valence-electron chi connectivity index (χ4n) is 2.76. The van der Waals surface area contributed by atoms with E-state index in [1.165, 1.54) is 42.5 Å². The van der Waals surface area contributed by atoms with E-state index in [2.05, 4.69) is 26.0 Å². The molecule has 0 amide bonds. The molecule has 0 aliphatic rings. The van der Waals surface area contributed by atoms with Gasteiger partial charge in [0.1, 0.15) is 11.5 Å². The van der Waals surface area contributed by atoms with Crippen LogP contribution in [0.2, 0.25) is 0 Å². The number of hydrogen-bond acceptors (Lipinski definition) is 1. The number of rotatable bonds is 8. The van der Waals surface area contributed by atoms with Gasteiger partial charge in [-0.15, -0.1) is 0 Å². The first-order valence-electron chi connectivity index (χ1n) is 8.72. The van der Waals surface area contributed by atoms with Crippen molar-refractivity contribution in [2.75, 3.05) is 0 Å². The summed E-state index contributed by atoms with van der Waals surface area (Å²) in [5.74, 6) is -1.50. The van der Waals surface area contributed by atoms with E-state index in [0.29, 0.717) is 5.75 Å². The summed E-state index contributed by atoms with van der Waals surface area (Å²) in [4.78, 5) is 0. The second kappa shape index (κ2) is 8.27. The molecule has 2 aromatic rings. The quantitative estimate of drug-likeness (QED) is 0.478. The summed E-state index contributed by atoms with van der Waals surface area (Å²) in [5, 5.41) is 0. The molecule has 0 heterocycles. The summed E-state index contributed by atoms with van der Waals surface area (Å²) in [6.45, 7) is 5.24. The number of aryl methyl sites for hydroxylation is 2. The Bertz CT molecular complexity index is 642. The summed E-state index contributed by atoms with van der Waals surface area (Å²) < 4.78 is 32.3. The number of benzene rings is 2. The Morgan fingerprint density at radius 2 is 1.54 bits per heavy atom. The van der Waals surface area contributed by atoms with E-state index in [9.17, 15) is 8.78 Å². The lowest BCUT2D eigenvalue weighted by molar-refractivity contribution is 0.0174. The average molecular weight is 332 g/mol. The van der Waals surface area contributed by atoms with Gasteiger partial charge in [-0.2, -0.15) is 0 Å². The molecule has 3 heteroatoms. The summed E-state index contributed by atoms with van der Waals surface area (Å²) in [6.07, 6.45) is 5.72. The fraction of sp³-hybridized carbons (Fsp3) is 0.429. The van der Waals surface area contributed by atoms with Crippen LogP contribution in [0.1, 0.15) is 56.7 Å². The zero-order chi connectivity index (χ0) is 17.6. The number of hydrogen-bond donors (Lipinski definition) is 0. The lowest BCUT2D eigenvalue weighted by Crippen LogP contribution is -2.06. The van der Waals surface area contributed by atoms with Gasteiger partial charge < -0.3 is 4.74 Å². The maximum atomic E-state index is 13.2. The van der Waals surface area contributed by atoms with E-state index < -0.39 is 5.92 Å². The van der Waals surface area contributed by atoms with Crippen LogP contribution in [-0.4, -0.2) is 0 Å². The summed E-state index contributed by atoms with van der Waals surface area (Å²) in [5.41, 5.74) is 2.66. The highest BCUT2D eigenvalue weighted by Crippen LogP contribution is 2.30. The first kappa shape index (κ1) is 18.4. The van der Waals surface area contributed by atoms with Crippen molar-refractivity contribution in [3.8, 4) is 11.5 Å². The summed E-state index contributed by atoms with van der Waals surface area (Å²) in [7, 11) is 0. The molecule has 0 fully saturated rings. The second-order valence-electron chi connectivity index (χ2n) is 6.26. The Kier molecular flexibility index (Phi) is 6.36. The molecular weight excluding hydrogens is 306 g/mol. The first-order valence-corrected chi connectivity index (χ1v) is 8.72. The van der Waals surface area contributed by atoms with E-state index in [-0.39, 0.29) is 5.56 Å². The summed E-state index contributed by atoms with van der Waals surface area (Å²) >= 11 is 0. The molecule has 0 saturated carbocycles. The van der Waals surface area contributed by atoms with Gasteiger partial charge in [-0.1, -0.05) is 32.8 Å². The fourth-order valence-corrected chi connectivity index (χ4v) is 2.76. The number of halogens is 2. The SMILES string of the molecule is CCCCCc1ccc(Oc2ccc(C(C)(F)F)cc2)cc1CC. The van der Waals surface area contributed by atoms with Crippen LogP contribution >= 0.6 is 0 Å². The van der Waals surface area contributed by atoms with Crippen LogP contribution in [0.4, 0.5) is 8.78 Å². The molecule has 0 aliphatic heterocycles. The maximum absolute atomic E-state index is 13.2. The van der Waals surface area contributed by atoms with Gasteiger partial charge in [-0.3, -0.25) is 0 Å². The van der Waals surface area contributed by atoms with Crippen molar-refractivity contribution in [3.05, 3.63) is 59.2 Å². The lowest BCUT2D eigenvalue weighted by Gasteiger charge is -2.13. The van der Waals surface area contributed by atoms with Gasteiger partial charge in [0.2, 0.25) is 0 Å². The van der Waals surface area contributed by atoms with Gasteiger partial charge >= 0.3 is 0 Å². The van der Waals surface area contributed by atoms with Gasteiger partial charge in [0.05, 0.1) is 0 Å². The predicted octanol–water partition coefficient (Wildman–Crippen LogP) is 6.89. The molecule has 1 nitrogen and oxygen atoms in total. The zero-order valence-corrected chi connectivity index (χ0v) is 14.7. The third kappa shape index (κ3) is 5.05. The van der Waals surface area contributed by atoms with Crippen LogP contribution in [0.3, 0.4) is 0 Å². The first-order chi connectivity index (χ1) is 11.4. The van der Waals surface area contributed by atoms with Gasteiger partial charge in [0, 0.05) is 12.5 Å². The molecule has 2 aromatic carbocycles. The van der Waals surface area contributed by atoms with E-state index in [1.807, 2.05) is 6.07 Å². The van der Waals surface area contributed by atoms with Gasteiger partial charge in [-0.25, -0.2) is 8.78 Å². The van der Waals surface area contributed by atoms with E-state index in [4.69, 9.17) is 4.74 Å². The van der Waals surface area contributed by atoms with Crippen molar-refractivity contribution in [2.24, 2.45) is 0 Å². The molecule has 0 radical (unpaired) electrons. The Balaban J connectivity index is 2.09. The molecular formula is C21H26F2O. The third-order valence-electron chi connectivity index (χ3n) is 4.21. The highest BCUT2D eigenvalue weighted by atomic mass is 19.3. The number of unbranched alkanes of at least 4 members (excludes halogenated alkanes) is 2. The van der Waals surface area contributed by atoms with Gasteiger partial charge in [-0.05, 0) is 66.8 Å². The van der Waals surface area contributed by atoms with Crippen LogP contribution in [0.15, 0.2) is 42.5 Å². The molecule has 0 unspecified atom stereocenters. The normalized spacial score (nSPS) is 11.5. The molecule has 0 aliphatic carbocycles. The highest BCUT2D eigenvalue weighted by Gasteiger charge is 2.23. The minimum Gasteiger partial charge on any atom is -0.457 e. The molecule has 2 rings (SSSR count). The second-order valence-corrected chi connectivity index (χ2v) is 6.26. The van der Waals surface area contributed by atoms with Crippen LogP contribution in [0.25, 0.3) is 0 Å². The van der Waals surface area contributed by atoms with Crippen molar-refractivity contribution in [2.45, 2.75) is 58.8 Å². The molecule has 0 bridgehead atoms. The third-order valence-corrected chi connectivity index (χ3v) is 4.21. The topological polar surface area (TPSA) is 9.23 Å². The minimum atomic E-state index is -2.83. The summed E-state index contributed by atoms with van der Waals surface area (Å²) in [6, 6.07) is 12.1.